The summed E-state index contributed by atoms with van der Waals surface area (Å²) in [4.78, 5) is 25.9. The summed E-state index contributed by atoms with van der Waals surface area (Å²) < 4.78 is 5.05. The predicted molar refractivity (Wildman–Crippen MR) is 67.4 cm³/mol. The van der Waals surface area contributed by atoms with Crippen LogP contribution in [0, 0.1) is 0 Å². The van der Waals surface area contributed by atoms with Gasteiger partial charge in [-0.05, 0) is 17.7 Å². The monoisotopic (exact) mass is 257 g/mol. The number of Topliss-reactive ketones (excluding diaryl/α,β-unsaturated/α-hetero) is 1. The minimum absolute atomic E-state index is 0.0932. The molecule has 0 N–H and O–H groups in total. The van der Waals surface area contributed by atoms with Crippen molar-refractivity contribution in [3.8, 4) is 0 Å². The minimum atomic E-state index is -0.485. The number of carbonyl (C=O) groups excluding carboxylic acids is 2. The summed E-state index contributed by atoms with van der Waals surface area (Å²) >= 11 is 0. The van der Waals surface area contributed by atoms with Crippen LogP contribution in [0.1, 0.15) is 16.8 Å². The summed E-state index contributed by atoms with van der Waals surface area (Å²) in [5.74, 6) is -0.639. The van der Waals surface area contributed by atoms with E-state index in [1.54, 1.807) is 36.4 Å². The Morgan fingerprint density at radius 2 is 2.16 bits per heavy atom. The molecule has 19 heavy (non-hydrogen) atoms. The highest BCUT2D eigenvalue weighted by atomic mass is 16.5. The van der Waals surface area contributed by atoms with Crippen LogP contribution >= 0.6 is 0 Å². The predicted octanol–water partition coefficient (Wildman–Crippen LogP) is 2.42. The molecule has 0 saturated heterocycles. The van der Waals surface area contributed by atoms with E-state index in [0.717, 1.165) is 0 Å². The summed E-state index contributed by atoms with van der Waals surface area (Å²) in [7, 11) is 0. The number of hydrogen-bond donors (Lipinski definition) is 0. The molecule has 0 aliphatic heterocycles. The van der Waals surface area contributed by atoms with Crippen LogP contribution in [-0.4, -0.2) is 24.4 Å². The third kappa shape index (κ3) is 3.20. The van der Waals surface area contributed by atoms with Gasteiger partial charge in [0.1, 0.15) is 6.61 Å². The van der Waals surface area contributed by atoms with E-state index in [1.165, 1.54) is 0 Å². The van der Waals surface area contributed by atoms with Crippen molar-refractivity contribution < 1.29 is 14.3 Å². The Balaban J connectivity index is 1.96. The first kappa shape index (κ1) is 12.9. The average molecular weight is 257 g/mol. The van der Waals surface area contributed by atoms with Crippen molar-refractivity contribution in [1.29, 1.82) is 0 Å². The highest BCUT2D eigenvalue weighted by Crippen LogP contribution is 2.18. The van der Waals surface area contributed by atoms with Gasteiger partial charge >= 0.3 is 5.97 Å². The van der Waals surface area contributed by atoms with Crippen molar-refractivity contribution in [3.05, 3.63) is 58.0 Å². The molecule has 0 heterocycles. The van der Waals surface area contributed by atoms with Crippen LogP contribution in [0.15, 0.2) is 47.1 Å². The first-order valence-corrected chi connectivity index (χ1v) is 5.71. The van der Waals surface area contributed by atoms with Crippen molar-refractivity contribution in [3.63, 3.8) is 0 Å². The van der Waals surface area contributed by atoms with Gasteiger partial charge in [0.05, 0.1) is 11.6 Å². The zero-order valence-electron chi connectivity index (χ0n) is 10.0. The zero-order chi connectivity index (χ0) is 13.7. The van der Waals surface area contributed by atoms with Gasteiger partial charge in [0.2, 0.25) is 0 Å². The molecule has 0 bridgehead atoms. The SMILES string of the molecule is [N-]=[N+]=N[C@@H]1C=C(COC(=O)c2ccccc2)C(=O)C1. The van der Waals surface area contributed by atoms with Crippen molar-refractivity contribution in [2.75, 3.05) is 6.61 Å². The number of esters is 1. The van der Waals surface area contributed by atoms with E-state index in [2.05, 4.69) is 10.0 Å². The number of ketones is 1. The zero-order valence-corrected chi connectivity index (χ0v) is 10.0. The number of benzene rings is 1. The van der Waals surface area contributed by atoms with Crippen LogP contribution in [0.3, 0.4) is 0 Å². The highest BCUT2D eigenvalue weighted by molar-refractivity contribution is 5.99. The van der Waals surface area contributed by atoms with E-state index in [4.69, 9.17) is 10.3 Å². The third-order valence-corrected chi connectivity index (χ3v) is 2.71. The molecule has 1 atom stereocenters. The average Bonchev–Trinajstić information content (AvgIpc) is 2.78. The van der Waals surface area contributed by atoms with Gasteiger partial charge < -0.3 is 4.74 Å². The lowest BCUT2D eigenvalue weighted by atomic mass is 10.2. The molecule has 6 nitrogen and oxygen atoms in total. The van der Waals surface area contributed by atoms with Crippen LogP contribution in [0.2, 0.25) is 0 Å². The van der Waals surface area contributed by atoms with Crippen molar-refractivity contribution >= 4 is 11.8 Å². The van der Waals surface area contributed by atoms with E-state index >= 15 is 0 Å². The van der Waals surface area contributed by atoms with Gasteiger partial charge in [0.25, 0.3) is 0 Å². The van der Waals surface area contributed by atoms with Gasteiger partial charge in [0.15, 0.2) is 5.78 Å². The molecule has 0 unspecified atom stereocenters. The fourth-order valence-corrected chi connectivity index (χ4v) is 1.78. The Labute approximate surface area is 109 Å². The van der Waals surface area contributed by atoms with Gasteiger partial charge in [-0.3, -0.25) is 4.79 Å². The number of carbonyl (C=O) groups is 2. The maximum atomic E-state index is 11.7. The van der Waals surface area contributed by atoms with E-state index in [-0.39, 0.29) is 18.8 Å². The molecular weight excluding hydrogens is 246 g/mol. The van der Waals surface area contributed by atoms with Crippen LogP contribution in [0.25, 0.3) is 10.4 Å². The van der Waals surface area contributed by atoms with E-state index in [1.807, 2.05) is 0 Å². The smallest absolute Gasteiger partial charge is 0.338 e. The quantitative estimate of drug-likeness (QED) is 0.359. The molecule has 0 radical (unpaired) electrons. The molecule has 0 amide bonds. The maximum Gasteiger partial charge on any atom is 0.338 e. The summed E-state index contributed by atoms with van der Waals surface area (Å²) in [6, 6.07) is 8.06. The first-order chi connectivity index (χ1) is 9.20. The lowest BCUT2D eigenvalue weighted by Gasteiger charge is -2.04. The van der Waals surface area contributed by atoms with Gasteiger partial charge in [-0.2, -0.15) is 0 Å². The normalized spacial score (nSPS) is 17.6. The summed E-state index contributed by atoms with van der Waals surface area (Å²) in [5, 5.41) is 3.45. The van der Waals surface area contributed by atoms with Crippen molar-refractivity contribution in [1.82, 2.24) is 0 Å². The molecule has 2 rings (SSSR count). The Morgan fingerprint density at radius 3 is 2.84 bits per heavy atom. The van der Waals surface area contributed by atoms with Crippen LogP contribution in [-0.2, 0) is 9.53 Å². The lowest BCUT2D eigenvalue weighted by Crippen LogP contribution is -2.10. The molecular formula is C13H11N3O3. The molecule has 0 aromatic heterocycles. The molecule has 1 aliphatic rings. The molecule has 1 aliphatic carbocycles. The lowest BCUT2D eigenvalue weighted by molar-refractivity contribution is -0.115. The number of rotatable bonds is 4. The fraction of sp³-hybridized carbons (Fsp3) is 0.231. The van der Waals surface area contributed by atoms with E-state index in [0.29, 0.717) is 11.1 Å². The second-order valence-electron chi connectivity index (χ2n) is 4.03. The first-order valence-electron chi connectivity index (χ1n) is 5.71. The molecule has 96 valence electrons. The second kappa shape index (κ2) is 5.84. The molecule has 0 saturated carbocycles. The molecule has 1 aromatic carbocycles. The van der Waals surface area contributed by atoms with Crippen molar-refractivity contribution in [2.24, 2.45) is 5.11 Å². The summed E-state index contributed by atoms with van der Waals surface area (Å²) in [5.41, 5.74) is 9.11. The largest absolute Gasteiger partial charge is 0.457 e. The summed E-state index contributed by atoms with van der Waals surface area (Å²) in [6.07, 6.45) is 1.68. The Morgan fingerprint density at radius 1 is 1.42 bits per heavy atom. The van der Waals surface area contributed by atoms with E-state index < -0.39 is 12.0 Å². The van der Waals surface area contributed by atoms with E-state index in [9.17, 15) is 9.59 Å². The number of hydrogen-bond acceptors (Lipinski definition) is 4. The Kier molecular flexibility index (Phi) is 3.95. The van der Waals surface area contributed by atoms with Crippen molar-refractivity contribution in [2.45, 2.75) is 12.5 Å². The molecule has 1 aromatic rings. The molecule has 6 heteroatoms. The second-order valence-corrected chi connectivity index (χ2v) is 4.03. The maximum absolute atomic E-state index is 11.7. The number of ether oxygens (including phenoxy) is 1. The van der Waals surface area contributed by atoms with Crippen LogP contribution in [0.4, 0.5) is 0 Å². The third-order valence-electron chi connectivity index (χ3n) is 2.71. The molecule has 0 fully saturated rings. The van der Waals surface area contributed by atoms with Crippen LogP contribution in [0.5, 0.6) is 0 Å². The van der Waals surface area contributed by atoms with Crippen LogP contribution < -0.4 is 0 Å². The van der Waals surface area contributed by atoms with Gasteiger partial charge in [-0.1, -0.05) is 29.4 Å². The minimum Gasteiger partial charge on any atom is -0.457 e. The number of nitrogens with zero attached hydrogens (tertiary/aromatic N) is 3. The Hall–Kier alpha value is -2.59. The topological polar surface area (TPSA) is 92.1 Å². The van der Waals surface area contributed by atoms with Gasteiger partial charge in [-0.15, -0.1) is 0 Å². The standard InChI is InChI=1S/C13H11N3O3/c14-16-15-11-6-10(12(17)7-11)8-19-13(18)9-4-2-1-3-5-9/h1-6,11H,7-8H2/t11-/m1/s1. The molecule has 0 spiro atoms. The van der Waals surface area contributed by atoms with Gasteiger partial charge in [0, 0.05) is 16.9 Å². The Bertz CT molecular complexity index is 574. The summed E-state index contributed by atoms with van der Waals surface area (Å²) in [6.45, 7) is -0.0932. The fourth-order valence-electron chi connectivity index (χ4n) is 1.78. The number of azide groups is 1. The van der Waals surface area contributed by atoms with Gasteiger partial charge in [-0.25, -0.2) is 4.79 Å². The highest BCUT2D eigenvalue weighted by Gasteiger charge is 2.24.